The SMILES string of the molecule is CC[C@@H](NCc1ncccc1C(F)(F)F)c1nccs1. The molecule has 0 aromatic carbocycles. The lowest BCUT2D eigenvalue weighted by Crippen LogP contribution is -2.23. The first-order chi connectivity index (χ1) is 9.52. The summed E-state index contributed by atoms with van der Waals surface area (Å²) in [6, 6.07) is 2.29. The molecule has 0 aliphatic heterocycles. The Labute approximate surface area is 118 Å². The Morgan fingerprint density at radius 3 is 2.70 bits per heavy atom. The fourth-order valence-corrected chi connectivity index (χ4v) is 2.67. The number of pyridine rings is 1. The zero-order valence-corrected chi connectivity index (χ0v) is 11.6. The minimum absolute atomic E-state index is 0.00926. The monoisotopic (exact) mass is 301 g/mol. The lowest BCUT2D eigenvalue weighted by Gasteiger charge is -2.16. The highest BCUT2D eigenvalue weighted by molar-refractivity contribution is 7.09. The third-order valence-electron chi connectivity index (χ3n) is 2.87. The number of hydrogen-bond acceptors (Lipinski definition) is 4. The van der Waals surface area contributed by atoms with Gasteiger partial charge in [-0.05, 0) is 18.6 Å². The summed E-state index contributed by atoms with van der Waals surface area (Å²) < 4.78 is 38.5. The van der Waals surface area contributed by atoms with E-state index < -0.39 is 11.7 Å². The topological polar surface area (TPSA) is 37.8 Å². The summed E-state index contributed by atoms with van der Waals surface area (Å²) in [4.78, 5) is 8.02. The molecule has 2 heterocycles. The molecule has 2 aromatic heterocycles. The zero-order valence-electron chi connectivity index (χ0n) is 10.8. The van der Waals surface area contributed by atoms with E-state index in [4.69, 9.17) is 0 Å². The maximum Gasteiger partial charge on any atom is 0.418 e. The van der Waals surface area contributed by atoms with Gasteiger partial charge in [0.05, 0.1) is 17.3 Å². The highest BCUT2D eigenvalue weighted by Gasteiger charge is 2.33. The van der Waals surface area contributed by atoms with Crippen LogP contribution in [0.25, 0.3) is 0 Å². The number of alkyl halides is 3. The Morgan fingerprint density at radius 2 is 2.10 bits per heavy atom. The molecule has 0 fully saturated rings. The van der Waals surface area contributed by atoms with E-state index in [1.54, 1.807) is 6.20 Å². The Morgan fingerprint density at radius 1 is 1.30 bits per heavy atom. The first-order valence-corrected chi connectivity index (χ1v) is 7.04. The van der Waals surface area contributed by atoms with Crippen LogP contribution in [0.4, 0.5) is 13.2 Å². The molecule has 2 aromatic rings. The van der Waals surface area contributed by atoms with Gasteiger partial charge in [-0.25, -0.2) is 4.98 Å². The molecule has 0 saturated carbocycles. The normalized spacial score (nSPS) is 13.4. The molecule has 0 unspecified atom stereocenters. The molecule has 108 valence electrons. The van der Waals surface area contributed by atoms with E-state index in [-0.39, 0.29) is 18.3 Å². The van der Waals surface area contributed by atoms with Gasteiger partial charge in [0.2, 0.25) is 0 Å². The van der Waals surface area contributed by atoms with E-state index in [0.29, 0.717) is 0 Å². The minimum atomic E-state index is -4.38. The Bertz CT molecular complexity index is 540. The van der Waals surface area contributed by atoms with Gasteiger partial charge in [0.25, 0.3) is 0 Å². The van der Waals surface area contributed by atoms with Crippen LogP contribution in [-0.4, -0.2) is 9.97 Å². The largest absolute Gasteiger partial charge is 0.418 e. The van der Waals surface area contributed by atoms with E-state index in [1.165, 1.54) is 23.6 Å². The number of rotatable bonds is 5. The van der Waals surface area contributed by atoms with Gasteiger partial charge in [-0.15, -0.1) is 11.3 Å². The summed E-state index contributed by atoms with van der Waals surface area (Å²) in [5.41, 5.74) is -0.684. The van der Waals surface area contributed by atoms with Crippen LogP contribution in [0.3, 0.4) is 0 Å². The molecule has 7 heteroatoms. The molecular weight excluding hydrogens is 287 g/mol. The summed E-state index contributed by atoms with van der Waals surface area (Å²) in [7, 11) is 0. The molecule has 2 rings (SSSR count). The van der Waals surface area contributed by atoms with Crippen LogP contribution < -0.4 is 5.32 Å². The molecule has 0 spiro atoms. The molecule has 3 nitrogen and oxygen atoms in total. The second-order valence-electron chi connectivity index (χ2n) is 4.21. The van der Waals surface area contributed by atoms with Crippen LogP contribution in [0.1, 0.15) is 35.7 Å². The van der Waals surface area contributed by atoms with Crippen LogP contribution in [0.5, 0.6) is 0 Å². The molecule has 0 amide bonds. The van der Waals surface area contributed by atoms with Gasteiger partial charge in [-0.3, -0.25) is 4.98 Å². The smallest absolute Gasteiger partial charge is 0.302 e. The summed E-state index contributed by atoms with van der Waals surface area (Å²) >= 11 is 1.48. The van der Waals surface area contributed by atoms with Crippen LogP contribution in [0.15, 0.2) is 29.9 Å². The number of hydrogen-bond donors (Lipinski definition) is 1. The van der Waals surface area contributed by atoms with Crippen molar-refractivity contribution < 1.29 is 13.2 Å². The number of nitrogens with one attached hydrogen (secondary N) is 1. The van der Waals surface area contributed by atoms with Crippen molar-refractivity contribution in [2.45, 2.75) is 32.1 Å². The summed E-state index contributed by atoms with van der Waals surface area (Å²) in [5.74, 6) is 0. The predicted octanol–water partition coefficient (Wildman–Crippen LogP) is 3.80. The quantitative estimate of drug-likeness (QED) is 0.913. The van der Waals surface area contributed by atoms with Crippen LogP contribution in [-0.2, 0) is 12.7 Å². The number of nitrogens with zero attached hydrogens (tertiary/aromatic N) is 2. The lowest BCUT2D eigenvalue weighted by molar-refractivity contribution is -0.138. The van der Waals surface area contributed by atoms with Gasteiger partial charge in [-0.1, -0.05) is 6.92 Å². The fourth-order valence-electron chi connectivity index (χ4n) is 1.87. The minimum Gasteiger partial charge on any atom is -0.302 e. The first kappa shape index (κ1) is 14.9. The molecule has 20 heavy (non-hydrogen) atoms. The first-order valence-electron chi connectivity index (χ1n) is 6.16. The van der Waals surface area contributed by atoms with Crippen molar-refractivity contribution in [3.63, 3.8) is 0 Å². The van der Waals surface area contributed by atoms with Crippen molar-refractivity contribution in [3.05, 3.63) is 46.2 Å². The maximum atomic E-state index is 12.8. The maximum absolute atomic E-state index is 12.8. The van der Waals surface area contributed by atoms with E-state index in [9.17, 15) is 13.2 Å². The van der Waals surface area contributed by atoms with Crippen LogP contribution in [0.2, 0.25) is 0 Å². The molecule has 0 bridgehead atoms. The summed E-state index contributed by atoms with van der Waals surface area (Å²) in [6.07, 6.45) is -0.571. The highest BCUT2D eigenvalue weighted by atomic mass is 32.1. The number of aromatic nitrogens is 2. The van der Waals surface area contributed by atoms with E-state index in [2.05, 4.69) is 15.3 Å². The van der Waals surface area contributed by atoms with Crippen LogP contribution in [0, 0.1) is 0 Å². The van der Waals surface area contributed by atoms with Crippen molar-refractivity contribution in [3.8, 4) is 0 Å². The number of thiazole rings is 1. The van der Waals surface area contributed by atoms with Gasteiger partial charge >= 0.3 is 6.18 Å². The standard InChI is InChI=1S/C13H14F3N3S/c1-2-10(12-18-6-7-20-12)19-8-11-9(13(14,15)16)4-3-5-17-11/h3-7,10,19H,2,8H2,1H3/t10-/m1/s1. The van der Waals surface area contributed by atoms with Gasteiger partial charge in [0.15, 0.2) is 0 Å². The van der Waals surface area contributed by atoms with Gasteiger partial charge < -0.3 is 5.32 Å². The molecule has 0 saturated heterocycles. The van der Waals surface area contributed by atoms with E-state index >= 15 is 0 Å². The van der Waals surface area contributed by atoms with E-state index in [1.807, 2.05) is 12.3 Å². The summed E-state index contributed by atoms with van der Waals surface area (Å²) in [5, 5.41) is 5.81. The van der Waals surface area contributed by atoms with Crippen molar-refractivity contribution >= 4 is 11.3 Å². The van der Waals surface area contributed by atoms with Gasteiger partial charge in [0.1, 0.15) is 5.01 Å². The third-order valence-corrected chi connectivity index (χ3v) is 3.76. The van der Waals surface area contributed by atoms with Crippen molar-refractivity contribution in [2.75, 3.05) is 0 Å². The second kappa shape index (κ2) is 6.32. The third kappa shape index (κ3) is 3.55. The van der Waals surface area contributed by atoms with Crippen molar-refractivity contribution in [1.82, 2.24) is 15.3 Å². The predicted molar refractivity (Wildman–Crippen MR) is 71.2 cm³/mol. The second-order valence-corrected chi connectivity index (χ2v) is 5.13. The van der Waals surface area contributed by atoms with Crippen LogP contribution >= 0.6 is 11.3 Å². The average Bonchev–Trinajstić information content (AvgIpc) is 2.93. The Hall–Kier alpha value is -1.47. The summed E-state index contributed by atoms with van der Waals surface area (Å²) in [6.45, 7) is 2.02. The van der Waals surface area contributed by atoms with E-state index in [0.717, 1.165) is 17.5 Å². The molecule has 0 aliphatic carbocycles. The van der Waals surface area contributed by atoms with Crippen molar-refractivity contribution in [1.29, 1.82) is 0 Å². The molecule has 1 atom stereocenters. The Balaban J connectivity index is 2.11. The lowest BCUT2D eigenvalue weighted by atomic mass is 10.1. The van der Waals surface area contributed by atoms with Gasteiger partial charge in [0, 0.05) is 24.3 Å². The van der Waals surface area contributed by atoms with Gasteiger partial charge in [-0.2, -0.15) is 13.2 Å². The average molecular weight is 301 g/mol. The molecule has 1 N–H and O–H groups in total. The highest BCUT2D eigenvalue weighted by Crippen LogP contribution is 2.31. The fraction of sp³-hybridized carbons (Fsp3) is 0.385. The molecule has 0 radical (unpaired) electrons. The van der Waals surface area contributed by atoms with Crippen molar-refractivity contribution in [2.24, 2.45) is 0 Å². The zero-order chi connectivity index (χ0) is 14.6. The number of halogens is 3. The Kier molecular flexibility index (Phi) is 4.72. The molecule has 0 aliphatic rings. The molecular formula is C13H14F3N3S.